The molecule has 0 atom stereocenters. The molecule has 0 radical (unpaired) electrons. The number of aromatic nitrogens is 5. The Kier molecular flexibility index (Phi) is 5.87. The van der Waals surface area contributed by atoms with Gasteiger partial charge in [-0.25, -0.2) is 0 Å². The zero-order valence-corrected chi connectivity index (χ0v) is 15.6. The van der Waals surface area contributed by atoms with E-state index in [1.165, 1.54) is 5.56 Å². The van der Waals surface area contributed by atoms with Crippen LogP contribution < -0.4 is 5.73 Å². The summed E-state index contributed by atoms with van der Waals surface area (Å²) >= 11 is 3.27. The van der Waals surface area contributed by atoms with Crippen LogP contribution in [0.1, 0.15) is 18.4 Å². The molecule has 7 nitrogen and oxygen atoms in total. The molecule has 0 aliphatic carbocycles. The van der Waals surface area contributed by atoms with Gasteiger partial charge in [0.25, 0.3) is 0 Å². The Morgan fingerprint density at radius 1 is 1.40 bits per heavy atom. The predicted octanol–water partition coefficient (Wildman–Crippen LogP) is 2.34. The first-order valence-electron chi connectivity index (χ1n) is 7.99. The largest absolute Gasteiger partial charge is 0.370 e. The number of carbonyl (C=O) groups is 1. The standard InChI is InChI=1S/C16H20N6OS2/c1-21-11-12(10-18-21)4-2-9-25-16-20-19-15(13-5-3-8-24-13)22(16)7-6-14(17)23/h3,5,8,10-11H,2,4,6-7,9H2,1H3,(H2,17,23). The summed E-state index contributed by atoms with van der Waals surface area (Å²) in [6.07, 6.45) is 6.21. The van der Waals surface area contributed by atoms with Gasteiger partial charge in [-0.05, 0) is 29.9 Å². The summed E-state index contributed by atoms with van der Waals surface area (Å²) in [5, 5.41) is 15.6. The van der Waals surface area contributed by atoms with Crippen LogP contribution in [-0.4, -0.2) is 36.2 Å². The Morgan fingerprint density at radius 2 is 2.28 bits per heavy atom. The Balaban J connectivity index is 1.64. The molecule has 0 aliphatic heterocycles. The van der Waals surface area contributed by atoms with Crippen LogP contribution in [0.25, 0.3) is 10.7 Å². The molecule has 0 fully saturated rings. The number of hydrogen-bond acceptors (Lipinski definition) is 6. The maximum atomic E-state index is 11.2. The van der Waals surface area contributed by atoms with Gasteiger partial charge >= 0.3 is 0 Å². The summed E-state index contributed by atoms with van der Waals surface area (Å²) in [5.74, 6) is 1.40. The molecule has 3 rings (SSSR count). The average molecular weight is 377 g/mol. The minimum atomic E-state index is -0.321. The van der Waals surface area contributed by atoms with Crippen molar-refractivity contribution in [2.24, 2.45) is 12.8 Å². The number of rotatable bonds is 9. The predicted molar refractivity (Wildman–Crippen MR) is 99.4 cm³/mol. The van der Waals surface area contributed by atoms with Gasteiger partial charge in [-0.15, -0.1) is 21.5 Å². The first kappa shape index (κ1) is 17.7. The molecule has 3 heterocycles. The Morgan fingerprint density at radius 3 is 2.96 bits per heavy atom. The van der Waals surface area contributed by atoms with E-state index >= 15 is 0 Å². The number of nitrogens with zero attached hydrogens (tertiary/aromatic N) is 5. The highest BCUT2D eigenvalue weighted by Gasteiger charge is 2.15. The molecule has 9 heteroatoms. The molecule has 0 aromatic carbocycles. The summed E-state index contributed by atoms with van der Waals surface area (Å²) in [4.78, 5) is 12.2. The van der Waals surface area contributed by atoms with E-state index in [1.54, 1.807) is 23.1 Å². The number of primary amides is 1. The minimum Gasteiger partial charge on any atom is -0.370 e. The highest BCUT2D eigenvalue weighted by Crippen LogP contribution is 2.27. The molecule has 132 valence electrons. The number of thioether (sulfide) groups is 1. The van der Waals surface area contributed by atoms with Crippen LogP contribution in [-0.2, 0) is 24.8 Å². The monoisotopic (exact) mass is 376 g/mol. The number of amides is 1. The zero-order chi connectivity index (χ0) is 17.6. The minimum absolute atomic E-state index is 0.277. The summed E-state index contributed by atoms with van der Waals surface area (Å²) in [6.45, 7) is 0.501. The van der Waals surface area contributed by atoms with Crippen LogP contribution in [0.15, 0.2) is 35.1 Å². The van der Waals surface area contributed by atoms with Crippen molar-refractivity contribution < 1.29 is 4.79 Å². The molecule has 0 saturated carbocycles. The van der Waals surface area contributed by atoms with Gasteiger partial charge in [0.1, 0.15) is 0 Å². The van der Waals surface area contributed by atoms with E-state index in [4.69, 9.17) is 5.73 Å². The van der Waals surface area contributed by atoms with Crippen LogP contribution in [0.2, 0.25) is 0 Å². The van der Waals surface area contributed by atoms with E-state index in [2.05, 4.69) is 15.3 Å². The molecular weight excluding hydrogens is 356 g/mol. The second-order valence-electron chi connectivity index (χ2n) is 5.63. The third kappa shape index (κ3) is 4.70. The number of nitrogens with two attached hydrogens (primary N) is 1. The van der Waals surface area contributed by atoms with Gasteiger partial charge < -0.3 is 10.3 Å². The van der Waals surface area contributed by atoms with Crippen molar-refractivity contribution in [3.63, 3.8) is 0 Å². The summed E-state index contributed by atoms with van der Waals surface area (Å²) in [6, 6.07) is 3.99. The van der Waals surface area contributed by atoms with E-state index in [0.29, 0.717) is 6.54 Å². The molecule has 3 aromatic rings. The van der Waals surface area contributed by atoms with Gasteiger partial charge in [0.2, 0.25) is 5.91 Å². The molecule has 0 saturated heterocycles. The van der Waals surface area contributed by atoms with Crippen LogP contribution in [0.3, 0.4) is 0 Å². The zero-order valence-electron chi connectivity index (χ0n) is 14.0. The third-order valence-corrected chi connectivity index (χ3v) is 5.56. The Bertz CT molecular complexity index is 824. The average Bonchev–Trinajstić information content (AvgIpc) is 3.30. The number of aryl methyl sites for hydroxylation is 2. The molecule has 1 amide bonds. The third-order valence-electron chi connectivity index (χ3n) is 3.64. The second kappa shape index (κ2) is 8.30. The van der Waals surface area contributed by atoms with E-state index in [0.717, 1.165) is 34.5 Å². The SMILES string of the molecule is Cn1cc(CCCSc2nnc(-c3cccs3)n2CCC(N)=O)cn1. The maximum absolute atomic E-state index is 11.2. The molecular formula is C16H20N6OS2. The highest BCUT2D eigenvalue weighted by atomic mass is 32.2. The highest BCUT2D eigenvalue weighted by molar-refractivity contribution is 7.99. The van der Waals surface area contributed by atoms with E-state index < -0.39 is 0 Å². The lowest BCUT2D eigenvalue weighted by Crippen LogP contribution is -2.15. The molecule has 3 aromatic heterocycles. The normalized spacial score (nSPS) is 11.1. The second-order valence-corrected chi connectivity index (χ2v) is 7.64. The van der Waals surface area contributed by atoms with Crippen molar-refractivity contribution in [2.75, 3.05) is 5.75 Å². The Labute approximate surface area is 154 Å². The number of hydrogen-bond donors (Lipinski definition) is 1. The van der Waals surface area contributed by atoms with E-state index in [9.17, 15) is 4.79 Å². The first-order chi connectivity index (χ1) is 12.1. The molecule has 0 unspecified atom stereocenters. The molecule has 0 bridgehead atoms. The number of carbonyl (C=O) groups excluding carboxylic acids is 1. The lowest BCUT2D eigenvalue weighted by atomic mass is 10.2. The lowest BCUT2D eigenvalue weighted by molar-refractivity contribution is -0.118. The summed E-state index contributed by atoms with van der Waals surface area (Å²) in [7, 11) is 1.92. The van der Waals surface area contributed by atoms with Crippen molar-refractivity contribution >= 4 is 29.0 Å². The van der Waals surface area contributed by atoms with Crippen molar-refractivity contribution in [3.05, 3.63) is 35.5 Å². The first-order valence-corrected chi connectivity index (χ1v) is 9.85. The fraction of sp³-hybridized carbons (Fsp3) is 0.375. The summed E-state index contributed by atoms with van der Waals surface area (Å²) in [5.41, 5.74) is 6.54. The van der Waals surface area contributed by atoms with Gasteiger partial charge in [0, 0.05) is 32.0 Å². The van der Waals surface area contributed by atoms with Crippen molar-refractivity contribution in [3.8, 4) is 10.7 Å². The van der Waals surface area contributed by atoms with Crippen molar-refractivity contribution in [2.45, 2.75) is 31.0 Å². The maximum Gasteiger partial charge on any atom is 0.219 e. The van der Waals surface area contributed by atoms with Crippen LogP contribution in [0, 0.1) is 0 Å². The van der Waals surface area contributed by atoms with Gasteiger partial charge in [-0.2, -0.15) is 5.10 Å². The fourth-order valence-electron chi connectivity index (χ4n) is 2.45. The fourth-order valence-corrected chi connectivity index (χ4v) is 4.07. The lowest BCUT2D eigenvalue weighted by Gasteiger charge is -2.08. The summed E-state index contributed by atoms with van der Waals surface area (Å²) < 4.78 is 3.81. The van der Waals surface area contributed by atoms with E-state index in [-0.39, 0.29) is 12.3 Å². The molecule has 0 aliphatic rings. The quantitative estimate of drug-likeness (QED) is 0.457. The van der Waals surface area contributed by atoms with Gasteiger partial charge in [0.15, 0.2) is 11.0 Å². The topological polar surface area (TPSA) is 91.6 Å². The molecule has 0 spiro atoms. The Hall–Kier alpha value is -2.13. The van der Waals surface area contributed by atoms with Crippen LogP contribution in [0.5, 0.6) is 0 Å². The smallest absolute Gasteiger partial charge is 0.219 e. The van der Waals surface area contributed by atoms with Gasteiger partial charge in [-0.1, -0.05) is 17.8 Å². The van der Waals surface area contributed by atoms with Gasteiger partial charge in [-0.3, -0.25) is 9.48 Å². The van der Waals surface area contributed by atoms with Crippen LogP contribution in [0.4, 0.5) is 0 Å². The van der Waals surface area contributed by atoms with Crippen molar-refractivity contribution in [1.29, 1.82) is 0 Å². The molecule has 2 N–H and O–H groups in total. The van der Waals surface area contributed by atoms with Crippen molar-refractivity contribution in [1.82, 2.24) is 24.5 Å². The van der Waals surface area contributed by atoms with Gasteiger partial charge in [0.05, 0.1) is 11.1 Å². The molecule has 25 heavy (non-hydrogen) atoms. The van der Waals surface area contributed by atoms with E-state index in [1.807, 2.05) is 46.2 Å². The number of thiophene rings is 1. The van der Waals surface area contributed by atoms with Crippen LogP contribution >= 0.6 is 23.1 Å².